The second kappa shape index (κ2) is 11.0. The summed E-state index contributed by atoms with van der Waals surface area (Å²) in [6.45, 7) is -0.107. The number of carbonyl (C=O) groups excluding carboxylic acids is 2. The van der Waals surface area contributed by atoms with Gasteiger partial charge in [-0.2, -0.15) is 0 Å². The molecule has 210 valence electrons. The lowest BCUT2D eigenvalue weighted by atomic mass is 9.77. The average Bonchev–Trinajstić information content (AvgIpc) is 3.60. The first-order valence-corrected chi connectivity index (χ1v) is 14.0. The van der Waals surface area contributed by atoms with Crippen LogP contribution >= 0.6 is 0 Å². The lowest BCUT2D eigenvalue weighted by Crippen LogP contribution is -2.58. The van der Waals surface area contributed by atoms with Gasteiger partial charge in [0, 0.05) is 29.1 Å². The first-order valence-electron chi connectivity index (χ1n) is 14.0. The van der Waals surface area contributed by atoms with Crippen molar-refractivity contribution < 1.29 is 33.7 Å². The molecule has 1 saturated carbocycles. The summed E-state index contributed by atoms with van der Waals surface area (Å²) >= 11 is 0. The number of carbonyl (C=O) groups is 2. The molecule has 3 N–H and O–H groups in total. The molecule has 1 fully saturated rings. The average molecular weight is 547 g/mol. The fourth-order valence-electron chi connectivity index (χ4n) is 6.50. The van der Waals surface area contributed by atoms with Crippen molar-refractivity contribution in [2.24, 2.45) is 0 Å². The number of hydrogen-bond donors (Lipinski definition) is 3. The van der Waals surface area contributed by atoms with E-state index in [1.807, 2.05) is 36.4 Å². The quantitative estimate of drug-likeness (QED) is 0.415. The number of rotatable bonds is 7. The fraction of sp³-hybridized carbons (Fsp3) is 0.419. The minimum atomic E-state index is -1.09. The molecule has 2 aromatic carbocycles. The molecule has 0 saturated heterocycles. The second-order valence-corrected chi connectivity index (χ2v) is 10.7. The van der Waals surface area contributed by atoms with E-state index in [1.165, 1.54) is 0 Å². The smallest absolute Gasteiger partial charge is 0.290 e. The summed E-state index contributed by atoms with van der Waals surface area (Å²) < 4.78 is 17.7. The van der Waals surface area contributed by atoms with E-state index in [0.29, 0.717) is 22.7 Å². The Morgan fingerprint density at radius 3 is 2.67 bits per heavy atom. The van der Waals surface area contributed by atoms with Gasteiger partial charge < -0.3 is 34.3 Å². The van der Waals surface area contributed by atoms with E-state index in [1.54, 1.807) is 30.2 Å². The van der Waals surface area contributed by atoms with Gasteiger partial charge >= 0.3 is 0 Å². The summed E-state index contributed by atoms with van der Waals surface area (Å²) in [5.74, 6) is 0.0778. The predicted molar refractivity (Wildman–Crippen MR) is 147 cm³/mol. The highest BCUT2D eigenvalue weighted by Gasteiger charge is 2.51. The van der Waals surface area contributed by atoms with Crippen LogP contribution in [-0.4, -0.2) is 71.5 Å². The van der Waals surface area contributed by atoms with Crippen molar-refractivity contribution in [3.05, 3.63) is 71.5 Å². The molecule has 40 heavy (non-hydrogen) atoms. The van der Waals surface area contributed by atoms with E-state index >= 15 is 0 Å². The Kier molecular flexibility index (Phi) is 7.25. The number of nitrogens with one attached hydrogen (secondary N) is 1. The number of hydrogen-bond acceptors (Lipinski definition) is 7. The van der Waals surface area contributed by atoms with Gasteiger partial charge in [-0.15, -0.1) is 0 Å². The Labute approximate surface area is 232 Å². The molecule has 0 bridgehead atoms. The number of fused-ring (bicyclic) bond motifs is 4. The molecule has 6 rings (SSSR count). The molecule has 3 aromatic rings. The van der Waals surface area contributed by atoms with Gasteiger partial charge in [0.1, 0.15) is 18.0 Å². The van der Waals surface area contributed by atoms with Gasteiger partial charge in [0.25, 0.3) is 5.91 Å². The number of benzene rings is 2. The van der Waals surface area contributed by atoms with Crippen LogP contribution in [0.4, 0.5) is 0 Å². The normalized spacial score (nSPS) is 24.0. The number of nitrogens with zero attached hydrogens (tertiary/aromatic N) is 1. The lowest BCUT2D eigenvalue weighted by Gasteiger charge is -2.44. The number of aliphatic hydroxyl groups excluding tert-OH is 2. The summed E-state index contributed by atoms with van der Waals surface area (Å²) in [5.41, 5.74) is 1.71. The van der Waals surface area contributed by atoms with E-state index in [-0.39, 0.29) is 36.8 Å². The minimum absolute atomic E-state index is 0.0926. The van der Waals surface area contributed by atoms with Crippen LogP contribution in [0, 0.1) is 0 Å². The van der Waals surface area contributed by atoms with Crippen LogP contribution in [-0.2, 0) is 4.79 Å². The number of methoxy groups -OCH3 is 1. The summed E-state index contributed by atoms with van der Waals surface area (Å²) in [5, 5.41) is 24.7. The molecular weight excluding hydrogens is 512 g/mol. The number of ether oxygens (including phenoxy) is 2. The Balaban J connectivity index is 1.44. The topological polar surface area (TPSA) is 121 Å². The molecule has 2 amide bonds. The van der Waals surface area contributed by atoms with Crippen molar-refractivity contribution in [1.29, 1.82) is 0 Å². The second-order valence-electron chi connectivity index (χ2n) is 10.7. The third-order valence-electron chi connectivity index (χ3n) is 8.34. The van der Waals surface area contributed by atoms with Gasteiger partial charge in [-0.05, 0) is 37.1 Å². The first-order chi connectivity index (χ1) is 19.5. The molecule has 4 unspecified atom stereocenters. The molecular formula is C31H34N2O7. The largest absolute Gasteiger partial charge is 0.493 e. The molecule has 0 spiro atoms. The van der Waals surface area contributed by atoms with Crippen LogP contribution in [0.1, 0.15) is 54.1 Å². The molecule has 1 aliphatic heterocycles. The zero-order valence-corrected chi connectivity index (χ0v) is 22.4. The molecule has 3 aliphatic rings. The molecule has 2 heterocycles. The predicted octanol–water partition coefficient (Wildman–Crippen LogP) is 3.54. The van der Waals surface area contributed by atoms with Crippen LogP contribution in [0.15, 0.2) is 64.6 Å². The Hall–Kier alpha value is -3.82. The lowest BCUT2D eigenvalue weighted by molar-refractivity contribution is -0.118. The molecule has 0 radical (unpaired) electrons. The van der Waals surface area contributed by atoms with Crippen molar-refractivity contribution in [2.45, 2.75) is 62.3 Å². The molecule has 9 nitrogen and oxygen atoms in total. The zero-order valence-electron chi connectivity index (χ0n) is 22.4. The maximum Gasteiger partial charge on any atom is 0.290 e. The number of furan rings is 1. The Morgan fingerprint density at radius 2 is 1.90 bits per heavy atom. The van der Waals surface area contributed by atoms with Crippen LogP contribution < -0.4 is 14.8 Å². The van der Waals surface area contributed by atoms with Crippen LogP contribution in [0.25, 0.3) is 11.0 Å². The number of para-hydroxylation sites is 2. The Morgan fingerprint density at radius 1 is 1.10 bits per heavy atom. The van der Waals surface area contributed by atoms with Crippen LogP contribution in [0.3, 0.4) is 0 Å². The number of aliphatic hydroxyl groups is 2. The van der Waals surface area contributed by atoms with Crippen molar-refractivity contribution in [3.63, 3.8) is 0 Å². The van der Waals surface area contributed by atoms with E-state index < -0.39 is 24.2 Å². The minimum Gasteiger partial charge on any atom is -0.493 e. The molecule has 4 atom stereocenters. The van der Waals surface area contributed by atoms with E-state index in [4.69, 9.17) is 13.9 Å². The van der Waals surface area contributed by atoms with Gasteiger partial charge in [0.05, 0.1) is 25.7 Å². The maximum absolute atomic E-state index is 14.3. The van der Waals surface area contributed by atoms with E-state index in [2.05, 4.69) is 5.32 Å². The fourth-order valence-corrected chi connectivity index (χ4v) is 6.50. The summed E-state index contributed by atoms with van der Waals surface area (Å²) in [7, 11) is 1.55. The van der Waals surface area contributed by atoms with Crippen molar-refractivity contribution in [3.8, 4) is 11.5 Å². The van der Waals surface area contributed by atoms with E-state index in [9.17, 15) is 19.8 Å². The summed E-state index contributed by atoms with van der Waals surface area (Å²) in [6.07, 6.45) is 4.47. The summed E-state index contributed by atoms with van der Waals surface area (Å²) in [6, 6.07) is 13.7. The maximum atomic E-state index is 14.3. The first kappa shape index (κ1) is 26.4. The zero-order chi connectivity index (χ0) is 27.8. The highest BCUT2D eigenvalue weighted by molar-refractivity contribution is 5.99. The monoisotopic (exact) mass is 546 g/mol. The van der Waals surface area contributed by atoms with Gasteiger partial charge in [0.15, 0.2) is 17.1 Å². The summed E-state index contributed by atoms with van der Waals surface area (Å²) in [4.78, 5) is 29.4. The van der Waals surface area contributed by atoms with Crippen LogP contribution in [0.2, 0.25) is 0 Å². The van der Waals surface area contributed by atoms with Crippen molar-refractivity contribution >= 4 is 22.8 Å². The van der Waals surface area contributed by atoms with Crippen molar-refractivity contribution in [2.75, 3.05) is 20.3 Å². The molecule has 2 aliphatic carbocycles. The van der Waals surface area contributed by atoms with Gasteiger partial charge in [0.2, 0.25) is 5.91 Å². The standard InChI is InChI=1S/C31H34N2O7/c1-38-24-13-7-8-18-16-25(40-28(18)24)31(37)33(19-9-3-2-4-10-19)22-17-21(30(36)32-14-15-34)26-20-11-5-6-12-23(20)39-29(26)27(22)35/h5-8,11-13,16-17,19,22,26-27,29,34-35H,2-4,9-10,14-15H2,1H3,(H,32,36). The SMILES string of the molecule is COc1cccc2cc(C(=O)N(C3CCCCC3)C3C=C(C(=O)NCCO)C4c5ccccc5OC4C3O)oc12. The van der Waals surface area contributed by atoms with Gasteiger partial charge in [-0.1, -0.05) is 49.6 Å². The van der Waals surface area contributed by atoms with Crippen molar-refractivity contribution in [1.82, 2.24) is 10.2 Å². The Bertz CT molecular complexity index is 1440. The molecule has 1 aromatic heterocycles. The third kappa shape index (κ3) is 4.53. The highest BCUT2D eigenvalue weighted by atomic mass is 16.5. The third-order valence-corrected chi connectivity index (χ3v) is 8.34. The highest BCUT2D eigenvalue weighted by Crippen LogP contribution is 2.48. The van der Waals surface area contributed by atoms with E-state index in [0.717, 1.165) is 43.1 Å². The van der Waals surface area contributed by atoms with Gasteiger partial charge in [-0.3, -0.25) is 9.59 Å². The molecule has 9 heteroatoms. The van der Waals surface area contributed by atoms with Gasteiger partial charge in [-0.25, -0.2) is 0 Å². The number of amides is 2. The van der Waals surface area contributed by atoms with Crippen LogP contribution in [0.5, 0.6) is 11.5 Å².